The Morgan fingerprint density at radius 2 is 2.12 bits per heavy atom. The van der Waals surface area contributed by atoms with Gasteiger partial charge >= 0.3 is 6.18 Å². The second-order valence-electron chi connectivity index (χ2n) is 4.14. The van der Waals surface area contributed by atoms with E-state index in [1.165, 1.54) is 0 Å². The fourth-order valence-electron chi connectivity index (χ4n) is 1.63. The smallest absolute Gasteiger partial charge is 0.392 e. The van der Waals surface area contributed by atoms with E-state index in [0.717, 1.165) is 31.2 Å². The summed E-state index contributed by atoms with van der Waals surface area (Å²) in [6.45, 7) is 0. The summed E-state index contributed by atoms with van der Waals surface area (Å²) in [4.78, 5) is 3.84. The second-order valence-corrected chi connectivity index (χ2v) is 4.14. The standard InChI is InChI=1S/C11H12F3NO/c12-11(13,14)8-3-4-15-9(5-8)6-10(16)7-1-2-7/h3-5,7,10,16H,1-2,6H2. The first-order chi connectivity index (χ1) is 7.47. The molecule has 1 atom stereocenters. The van der Waals surface area contributed by atoms with Crippen molar-refractivity contribution in [2.75, 3.05) is 0 Å². The van der Waals surface area contributed by atoms with Gasteiger partial charge in [0.1, 0.15) is 0 Å². The summed E-state index contributed by atoms with van der Waals surface area (Å²) < 4.78 is 37.2. The Labute approximate surface area is 91.1 Å². The monoisotopic (exact) mass is 231 g/mol. The zero-order valence-electron chi connectivity index (χ0n) is 8.54. The molecule has 0 bridgehead atoms. The molecule has 0 radical (unpaired) electrons. The van der Waals surface area contributed by atoms with E-state index in [4.69, 9.17) is 0 Å². The van der Waals surface area contributed by atoms with Crippen molar-refractivity contribution < 1.29 is 18.3 Å². The quantitative estimate of drug-likeness (QED) is 0.866. The van der Waals surface area contributed by atoms with Crippen LogP contribution in [0.15, 0.2) is 18.3 Å². The van der Waals surface area contributed by atoms with E-state index in [-0.39, 0.29) is 12.3 Å². The van der Waals surface area contributed by atoms with Crippen LogP contribution in [0.5, 0.6) is 0 Å². The minimum atomic E-state index is -4.35. The van der Waals surface area contributed by atoms with Gasteiger partial charge in [-0.25, -0.2) is 0 Å². The van der Waals surface area contributed by atoms with E-state index in [1.807, 2.05) is 0 Å². The fraction of sp³-hybridized carbons (Fsp3) is 0.545. The van der Waals surface area contributed by atoms with E-state index in [1.54, 1.807) is 0 Å². The lowest BCUT2D eigenvalue weighted by Crippen LogP contribution is -2.15. The number of hydrogen-bond acceptors (Lipinski definition) is 2. The van der Waals surface area contributed by atoms with Crippen molar-refractivity contribution in [2.45, 2.75) is 31.5 Å². The van der Waals surface area contributed by atoms with Crippen molar-refractivity contribution in [1.82, 2.24) is 4.98 Å². The topological polar surface area (TPSA) is 33.1 Å². The molecule has 0 aliphatic heterocycles. The van der Waals surface area contributed by atoms with Crippen LogP contribution in [0.25, 0.3) is 0 Å². The highest BCUT2D eigenvalue weighted by Crippen LogP contribution is 2.34. The van der Waals surface area contributed by atoms with E-state index >= 15 is 0 Å². The number of aliphatic hydroxyl groups is 1. The number of alkyl halides is 3. The van der Waals surface area contributed by atoms with Gasteiger partial charge in [-0.15, -0.1) is 0 Å². The Hall–Kier alpha value is -1.10. The number of halogens is 3. The van der Waals surface area contributed by atoms with Gasteiger partial charge in [-0.2, -0.15) is 13.2 Å². The van der Waals surface area contributed by atoms with Gasteiger partial charge in [0.25, 0.3) is 0 Å². The summed E-state index contributed by atoms with van der Waals surface area (Å²) in [5, 5.41) is 9.61. The van der Waals surface area contributed by atoms with E-state index in [9.17, 15) is 18.3 Å². The molecule has 1 aromatic rings. The van der Waals surface area contributed by atoms with Crippen LogP contribution < -0.4 is 0 Å². The predicted octanol–water partition coefficient (Wildman–Crippen LogP) is 2.41. The maximum absolute atomic E-state index is 12.4. The van der Waals surface area contributed by atoms with Crippen molar-refractivity contribution >= 4 is 0 Å². The van der Waals surface area contributed by atoms with Crippen molar-refractivity contribution in [2.24, 2.45) is 5.92 Å². The van der Waals surface area contributed by atoms with Gasteiger partial charge in [0.2, 0.25) is 0 Å². The minimum Gasteiger partial charge on any atom is -0.392 e. The Morgan fingerprint density at radius 1 is 1.44 bits per heavy atom. The lowest BCUT2D eigenvalue weighted by atomic mass is 10.1. The van der Waals surface area contributed by atoms with E-state index in [0.29, 0.717) is 5.69 Å². The molecule has 5 heteroatoms. The van der Waals surface area contributed by atoms with Gasteiger partial charge in [0, 0.05) is 18.3 Å². The Morgan fingerprint density at radius 3 is 2.69 bits per heavy atom. The molecule has 1 aliphatic carbocycles. The Bertz CT molecular complexity index is 374. The largest absolute Gasteiger partial charge is 0.416 e. The van der Waals surface area contributed by atoms with Gasteiger partial charge < -0.3 is 5.11 Å². The predicted molar refractivity (Wildman–Crippen MR) is 51.7 cm³/mol. The molecule has 88 valence electrons. The normalized spacial score (nSPS) is 18.5. The molecule has 1 N–H and O–H groups in total. The molecule has 1 saturated carbocycles. The SMILES string of the molecule is OC(Cc1cc(C(F)(F)F)ccn1)C1CC1. The van der Waals surface area contributed by atoms with Gasteiger partial charge in [-0.05, 0) is 30.9 Å². The molecule has 2 nitrogen and oxygen atoms in total. The molecule has 1 aromatic heterocycles. The van der Waals surface area contributed by atoms with E-state index < -0.39 is 17.8 Å². The number of hydrogen-bond donors (Lipinski definition) is 1. The Balaban J connectivity index is 2.09. The van der Waals surface area contributed by atoms with Crippen molar-refractivity contribution in [3.63, 3.8) is 0 Å². The lowest BCUT2D eigenvalue weighted by molar-refractivity contribution is -0.137. The highest BCUT2D eigenvalue weighted by Gasteiger charge is 2.32. The molecule has 1 fully saturated rings. The summed E-state index contributed by atoms with van der Waals surface area (Å²) in [5.41, 5.74) is -0.408. The van der Waals surface area contributed by atoms with Crippen LogP contribution >= 0.6 is 0 Å². The third kappa shape index (κ3) is 2.72. The fourth-order valence-corrected chi connectivity index (χ4v) is 1.63. The first-order valence-corrected chi connectivity index (χ1v) is 5.17. The molecule has 0 amide bonds. The van der Waals surface area contributed by atoms with Crippen LogP contribution in [0.1, 0.15) is 24.1 Å². The summed E-state index contributed by atoms with van der Waals surface area (Å²) in [7, 11) is 0. The summed E-state index contributed by atoms with van der Waals surface area (Å²) in [6, 6.07) is 1.94. The molecule has 2 rings (SSSR count). The average molecular weight is 231 g/mol. The maximum Gasteiger partial charge on any atom is 0.416 e. The van der Waals surface area contributed by atoms with Crippen molar-refractivity contribution in [3.8, 4) is 0 Å². The molecular weight excluding hydrogens is 219 g/mol. The van der Waals surface area contributed by atoms with Crippen LogP contribution in [0, 0.1) is 5.92 Å². The first-order valence-electron chi connectivity index (χ1n) is 5.17. The van der Waals surface area contributed by atoms with Crippen molar-refractivity contribution in [1.29, 1.82) is 0 Å². The van der Waals surface area contributed by atoms with E-state index in [2.05, 4.69) is 4.98 Å². The first kappa shape index (κ1) is 11.4. The summed E-state index contributed by atoms with van der Waals surface area (Å²) >= 11 is 0. The molecule has 0 spiro atoms. The zero-order chi connectivity index (χ0) is 11.8. The molecule has 1 unspecified atom stereocenters. The zero-order valence-corrected chi connectivity index (χ0v) is 8.54. The van der Waals surface area contributed by atoms with Crippen LogP contribution in [-0.4, -0.2) is 16.2 Å². The van der Waals surface area contributed by atoms with Crippen molar-refractivity contribution in [3.05, 3.63) is 29.6 Å². The number of nitrogens with zero attached hydrogens (tertiary/aromatic N) is 1. The third-order valence-corrected chi connectivity index (χ3v) is 2.73. The molecule has 16 heavy (non-hydrogen) atoms. The van der Waals surface area contributed by atoms with Crippen LogP contribution in [0.4, 0.5) is 13.2 Å². The number of aromatic nitrogens is 1. The number of aliphatic hydroxyl groups excluding tert-OH is 1. The molecular formula is C11H12F3NO. The molecule has 1 aliphatic rings. The number of pyridine rings is 1. The average Bonchev–Trinajstić information content (AvgIpc) is 2.99. The highest BCUT2D eigenvalue weighted by atomic mass is 19.4. The molecule has 1 heterocycles. The van der Waals surface area contributed by atoms with Crippen LogP contribution in [0.2, 0.25) is 0 Å². The van der Waals surface area contributed by atoms with Gasteiger partial charge in [-0.1, -0.05) is 0 Å². The van der Waals surface area contributed by atoms with Gasteiger partial charge in [0.15, 0.2) is 0 Å². The molecule has 0 saturated heterocycles. The van der Waals surface area contributed by atoms with Crippen LogP contribution in [0.3, 0.4) is 0 Å². The summed E-state index contributed by atoms with van der Waals surface area (Å²) in [6.07, 6.45) is -1.65. The molecule has 0 aromatic carbocycles. The van der Waals surface area contributed by atoms with Gasteiger partial charge in [-0.3, -0.25) is 4.98 Å². The summed E-state index contributed by atoms with van der Waals surface area (Å²) in [5.74, 6) is 0.247. The minimum absolute atomic E-state index is 0.203. The maximum atomic E-state index is 12.4. The second kappa shape index (κ2) is 4.05. The number of rotatable bonds is 3. The Kier molecular flexibility index (Phi) is 2.88. The highest BCUT2D eigenvalue weighted by molar-refractivity contribution is 5.20. The van der Waals surface area contributed by atoms with Crippen LogP contribution in [-0.2, 0) is 12.6 Å². The lowest BCUT2D eigenvalue weighted by Gasteiger charge is -2.11. The third-order valence-electron chi connectivity index (χ3n) is 2.73. The van der Waals surface area contributed by atoms with Gasteiger partial charge in [0.05, 0.1) is 11.7 Å².